The number of carbonyl (C=O) groups is 1. The van der Waals surface area contributed by atoms with Gasteiger partial charge in [-0.05, 0) is 18.2 Å². The molecule has 8 heteroatoms. The summed E-state index contributed by atoms with van der Waals surface area (Å²) in [7, 11) is 1.38. The first kappa shape index (κ1) is 13.3. The van der Waals surface area contributed by atoms with Gasteiger partial charge in [0.15, 0.2) is 17.4 Å². The third kappa shape index (κ3) is 3.22. The Hall–Kier alpha value is -2.09. The van der Waals surface area contributed by atoms with Gasteiger partial charge in [-0.2, -0.15) is 0 Å². The van der Waals surface area contributed by atoms with Crippen LogP contribution in [-0.2, 0) is 4.79 Å². The highest BCUT2D eigenvalue weighted by Gasteiger charge is 2.10. The summed E-state index contributed by atoms with van der Waals surface area (Å²) in [4.78, 5) is 14.5. The minimum atomic E-state index is -0.952. The van der Waals surface area contributed by atoms with Crippen molar-refractivity contribution in [1.29, 1.82) is 0 Å². The van der Waals surface area contributed by atoms with Crippen LogP contribution in [0.5, 0.6) is 5.75 Å². The molecule has 0 fully saturated rings. The zero-order chi connectivity index (χ0) is 13.8. The summed E-state index contributed by atoms with van der Waals surface area (Å²) in [6.07, 6.45) is 0. The van der Waals surface area contributed by atoms with Crippen LogP contribution in [0.25, 0.3) is 11.4 Å². The fourth-order valence-electron chi connectivity index (χ4n) is 1.38. The van der Waals surface area contributed by atoms with Gasteiger partial charge in [-0.25, -0.2) is 9.37 Å². The highest BCUT2D eigenvalue weighted by atomic mass is 32.2. The monoisotopic (exact) mass is 283 g/mol. The Bertz CT molecular complexity index is 603. The Morgan fingerprint density at radius 1 is 1.58 bits per heavy atom. The van der Waals surface area contributed by atoms with Crippen molar-refractivity contribution in [1.82, 2.24) is 15.2 Å². The molecule has 0 aliphatic carbocycles. The number of methoxy groups -OCH3 is 1. The number of hydrogen-bond donors (Lipinski definition) is 2. The molecule has 0 radical (unpaired) electrons. The number of thioether (sulfide) groups is 1. The molecule has 19 heavy (non-hydrogen) atoms. The highest BCUT2D eigenvalue weighted by Crippen LogP contribution is 2.24. The molecule has 2 aromatic rings. The van der Waals surface area contributed by atoms with Gasteiger partial charge in [0.1, 0.15) is 0 Å². The lowest BCUT2D eigenvalue weighted by atomic mass is 10.2. The lowest BCUT2D eigenvalue weighted by Crippen LogP contribution is -1.97. The van der Waals surface area contributed by atoms with Gasteiger partial charge in [-0.3, -0.25) is 9.89 Å². The van der Waals surface area contributed by atoms with Gasteiger partial charge in [0.25, 0.3) is 0 Å². The molecule has 0 amide bonds. The van der Waals surface area contributed by atoms with Crippen LogP contribution in [0.1, 0.15) is 0 Å². The van der Waals surface area contributed by atoms with Crippen molar-refractivity contribution < 1.29 is 19.0 Å². The first-order valence-corrected chi connectivity index (χ1v) is 6.19. The fraction of sp³-hybridized carbons (Fsp3) is 0.182. The number of carboxylic acid groups (broad SMARTS) is 1. The van der Waals surface area contributed by atoms with E-state index in [4.69, 9.17) is 9.84 Å². The largest absolute Gasteiger partial charge is 0.494 e. The maximum Gasteiger partial charge on any atom is 0.313 e. The number of H-pyrrole nitrogens is 1. The number of benzene rings is 1. The Morgan fingerprint density at radius 3 is 3.00 bits per heavy atom. The number of aliphatic carboxylic acids is 1. The SMILES string of the molecule is COc1ccc(-c2nc(SCC(=O)O)n[nH]2)cc1F. The summed E-state index contributed by atoms with van der Waals surface area (Å²) < 4.78 is 18.3. The normalized spacial score (nSPS) is 10.4. The number of rotatable bonds is 5. The number of aromatic nitrogens is 3. The van der Waals surface area contributed by atoms with Crippen LogP contribution in [0.15, 0.2) is 23.4 Å². The average Bonchev–Trinajstić information content (AvgIpc) is 2.85. The third-order valence-corrected chi connectivity index (χ3v) is 3.05. The fourth-order valence-corrected chi connectivity index (χ4v) is 1.90. The van der Waals surface area contributed by atoms with Gasteiger partial charge in [-0.1, -0.05) is 11.8 Å². The minimum Gasteiger partial charge on any atom is -0.494 e. The second-order valence-electron chi connectivity index (χ2n) is 3.50. The molecule has 1 heterocycles. The number of carboxylic acids is 1. The van der Waals surface area contributed by atoms with E-state index in [-0.39, 0.29) is 11.5 Å². The predicted octanol–water partition coefficient (Wildman–Crippen LogP) is 1.80. The van der Waals surface area contributed by atoms with E-state index in [0.29, 0.717) is 16.5 Å². The molecule has 1 aromatic heterocycles. The quantitative estimate of drug-likeness (QED) is 0.813. The van der Waals surface area contributed by atoms with Crippen LogP contribution in [0.3, 0.4) is 0 Å². The smallest absolute Gasteiger partial charge is 0.313 e. The van der Waals surface area contributed by atoms with Crippen LogP contribution >= 0.6 is 11.8 Å². The van der Waals surface area contributed by atoms with E-state index in [0.717, 1.165) is 11.8 Å². The number of nitrogens with zero attached hydrogens (tertiary/aromatic N) is 2. The van der Waals surface area contributed by atoms with E-state index < -0.39 is 11.8 Å². The number of ether oxygens (including phenoxy) is 1. The number of halogens is 1. The summed E-state index contributed by atoms with van der Waals surface area (Å²) in [5, 5.41) is 15.3. The van der Waals surface area contributed by atoms with Crippen molar-refractivity contribution in [2.45, 2.75) is 5.16 Å². The third-order valence-electron chi connectivity index (χ3n) is 2.21. The van der Waals surface area contributed by atoms with Gasteiger partial charge in [0, 0.05) is 5.56 Å². The van der Waals surface area contributed by atoms with Gasteiger partial charge in [0.2, 0.25) is 5.16 Å². The standard InChI is InChI=1S/C11H10FN3O3S/c1-18-8-3-2-6(4-7(8)12)10-13-11(15-14-10)19-5-9(16)17/h2-4H,5H2,1H3,(H,16,17)(H,13,14,15). The Balaban J connectivity index is 2.18. The number of nitrogens with one attached hydrogen (secondary N) is 1. The second kappa shape index (κ2) is 5.70. The summed E-state index contributed by atoms with van der Waals surface area (Å²) >= 11 is 0.984. The molecule has 100 valence electrons. The van der Waals surface area contributed by atoms with Crippen LogP contribution < -0.4 is 4.74 Å². The molecular formula is C11H10FN3O3S. The van der Waals surface area contributed by atoms with Crippen LogP contribution in [0.2, 0.25) is 0 Å². The van der Waals surface area contributed by atoms with Crippen molar-refractivity contribution in [2.75, 3.05) is 12.9 Å². The zero-order valence-corrected chi connectivity index (χ0v) is 10.7. The summed E-state index contributed by atoms with van der Waals surface area (Å²) in [5.74, 6) is -1.07. The van der Waals surface area contributed by atoms with Gasteiger partial charge in [-0.15, -0.1) is 5.10 Å². The topological polar surface area (TPSA) is 88.1 Å². The first-order chi connectivity index (χ1) is 9.10. The maximum atomic E-state index is 13.5. The van der Waals surface area contributed by atoms with Gasteiger partial charge < -0.3 is 9.84 Å². The summed E-state index contributed by atoms with van der Waals surface area (Å²) in [6, 6.07) is 4.39. The van der Waals surface area contributed by atoms with E-state index in [2.05, 4.69) is 15.2 Å². The van der Waals surface area contributed by atoms with Crippen molar-refractivity contribution in [2.24, 2.45) is 0 Å². The average molecular weight is 283 g/mol. The number of aromatic amines is 1. The van der Waals surface area contributed by atoms with Gasteiger partial charge >= 0.3 is 5.97 Å². The lowest BCUT2D eigenvalue weighted by molar-refractivity contribution is -0.133. The highest BCUT2D eigenvalue weighted by molar-refractivity contribution is 7.99. The molecule has 6 nitrogen and oxygen atoms in total. The summed E-state index contributed by atoms with van der Waals surface area (Å²) in [6.45, 7) is 0. The molecule has 1 aromatic carbocycles. The van der Waals surface area contributed by atoms with Crippen LogP contribution in [0.4, 0.5) is 4.39 Å². The Kier molecular flexibility index (Phi) is 4.00. The molecule has 2 N–H and O–H groups in total. The van der Waals surface area contributed by atoms with Gasteiger partial charge in [0.05, 0.1) is 12.9 Å². The van der Waals surface area contributed by atoms with E-state index in [9.17, 15) is 9.18 Å². The zero-order valence-electron chi connectivity index (χ0n) is 9.88. The molecule has 2 rings (SSSR count). The molecular weight excluding hydrogens is 273 g/mol. The number of hydrogen-bond acceptors (Lipinski definition) is 5. The predicted molar refractivity (Wildman–Crippen MR) is 66.7 cm³/mol. The van der Waals surface area contributed by atoms with E-state index in [1.807, 2.05) is 0 Å². The van der Waals surface area contributed by atoms with Crippen molar-refractivity contribution >= 4 is 17.7 Å². The molecule has 0 bridgehead atoms. The molecule has 0 unspecified atom stereocenters. The molecule has 0 aliphatic heterocycles. The van der Waals surface area contributed by atoms with E-state index in [1.165, 1.54) is 19.2 Å². The molecule has 0 aliphatic rings. The van der Waals surface area contributed by atoms with Crippen molar-refractivity contribution in [3.05, 3.63) is 24.0 Å². The first-order valence-electron chi connectivity index (χ1n) is 5.21. The van der Waals surface area contributed by atoms with E-state index >= 15 is 0 Å². The minimum absolute atomic E-state index is 0.131. The van der Waals surface area contributed by atoms with Crippen molar-refractivity contribution in [3.8, 4) is 17.1 Å². The second-order valence-corrected chi connectivity index (χ2v) is 4.44. The Labute approximate surface area is 112 Å². The molecule has 0 atom stereocenters. The van der Waals surface area contributed by atoms with Crippen LogP contribution in [0, 0.1) is 5.82 Å². The Morgan fingerprint density at radius 2 is 2.37 bits per heavy atom. The van der Waals surface area contributed by atoms with Crippen molar-refractivity contribution in [3.63, 3.8) is 0 Å². The molecule has 0 saturated heterocycles. The summed E-state index contributed by atoms with van der Waals surface area (Å²) in [5.41, 5.74) is 0.507. The van der Waals surface area contributed by atoms with E-state index in [1.54, 1.807) is 6.07 Å². The molecule has 0 saturated carbocycles. The lowest BCUT2D eigenvalue weighted by Gasteiger charge is -2.02. The maximum absolute atomic E-state index is 13.5. The van der Waals surface area contributed by atoms with Crippen LogP contribution in [-0.4, -0.2) is 39.1 Å². The molecule has 0 spiro atoms.